The molecule has 0 atom stereocenters. The van der Waals surface area contributed by atoms with Crippen LogP contribution < -0.4 is 21.8 Å². The van der Waals surface area contributed by atoms with Crippen LogP contribution in [0.25, 0.3) is 11.7 Å². The number of imidazole rings is 1. The van der Waals surface area contributed by atoms with Crippen molar-refractivity contribution < 1.29 is 5.11 Å². The zero-order chi connectivity index (χ0) is 25.4. The quantitative estimate of drug-likeness (QED) is 0.299. The van der Waals surface area contributed by atoms with E-state index in [0.29, 0.717) is 29.0 Å². The average Bonchev–Trinajstić information content (AvgIpc) is 3.53. The molecule has 37 heavy (non-hydrogen) atoms. The predicted molar refractivity (Wildman–Crippen MR) is 139 cm³/mol. The summed E-state index contributed by atoms with van der Waals surface area (Å²) < 4.78 is 1.59. The van der Waals surface area contributed by atoms with Crippen LogP contribution in [0.2, 0.25) is 0 Å². The van der Waals surface area contributed by atoms with E-state index in [1.54, 1.807) is 16.8 Å². The third kappa shape index (κ3) is 5.41. The van der Waals surface area contributed by atoms with Gasteiger partial charge in [0.2, 0.25) is 11.8 Å². The van der Waals surface area contributed by atoms with Crippen LogP contribution in [0.3, 0.4) is 0 Å². The second kappa shape index (κ2) is 9.81. The molecule has 4 N–H and O–H groups in total. The van der Waals surface area contributed by atoms with E-state index in [1.165, 1.54) is 31.5 Å². The van der Waals surface area contributed by atoms with Crippen molar-refractivity contribution in [3.05, 3.63) is 68.6 Å². The second-order valence-corrected chi connectivity index (χ2v) is 10.2. The molecule has 11 nitrogen and oxygen atoms in total. The molecule has 2 aliphatic rings. The summed E-state index contributed by atoms with van der Waals surface area (Å²) in [6.07, 6.45) is 7.87. The highest BCUT2D eigenvalue weighted by molar-refractivity contribution is 5.57. The maximum atomic E-state index is 11.5. The number of H-pyrrole nitrogens is 2. The van der Waals surface area contributed by atoms with Gasteiger partial charge in [0.1, 0.15) is 5.69 Å². The number of hydrogen-bond donors (Lipinski definition) is 4. The SMILES string of the molecule is CC1CCN(Cc2ccc(CNc3nc(=NC4CC4)n4ncc(=Cc5[nH]c(=O)[nH]c5O)c4n3)cc2)CC1. The molecular formula is C26H31N9O2. The summed E-state index contributed by atoms with van der Waals surface area (Å²) in [6.45, 7) is 6.25. The van der Waals surface area contributed by atoms with E-state index < -0.39 is 5.69 Å². The third-order valence-electron chi connectivity index (χ3n) is 7.01. The van der Waals surface area contributed by atoms with Crippen molar-refractivity contribution in [1.29, 1.82) is 0 Å². The number of piperidine rings is 1. The Bertz CT molecular complexity index is 1570. The molecule has 6 rings (SSSR count). The fourth-order valence-corrected chi connectivity index (χ4v) is 4.58. The van der Waals surface area contributed by atoms with Gasteiger partial charge in [-0.2, -0.15) is 19.6 Å². The Morgan fingerprint density at radius 1 is 1.11 bits per heavy atom. The molecule has 4 aromatic rings. The lowest BCUT2D eigenvalue weighted by Gasteiger charge is -2.30. The van der Waals surface area contributed by atoms with Crippen LogP contribution in [0.4, 0.5) is 5.95 Å². The Morgan fingerprint density at radius 3 is 2.57 bits per heavy atom. The number of hydrogen-bond acceptors (Lipinski definition) is 8. The first kappa shape index (κ1) is 23.4. The van der Waals surface area contributed by atoms with E-state index in [1.807, 2.05) is 0 Å². The van der Waals surface area contributed by atoms with Gasteiger partial charge in [-0.15, -0.1) is 0 Å². The topological polar surface area (TPSA) is 140 Å². The van der Waals surface area contributed by atoms with Gasteiger partial charge in [-0.25, -0.2) is 9.79 Å². The minimum absolute atomic E-state index is 0.238. The molecule has 1 aliphatic heterocycles. The number of fused-ring (bicyclic) bond motifs is 1. The monoisotopic (exact) mass is 501 g/mol. The van der Waals surface area contributed by atoms with Gasteiger partial charge in [-0.3, -0.25) is 9.88 Å². The number of rotatable bonds is 7. The van der Waals surface area contributed by atoms with Crippen LogP contribution in [0, 0.1) is 5.92 Å². The van der Waals surface area contributed by atoms with Crippen LogP contribution in [0.5, 0.6) is 5.88 Å². The molecule has 1 aliphatic carbocycles. The van der Waals surface area contributed by atoms with Gasteiger partial charge in [-0.05, 0) is 61.9 Å². The molecule has 4 heterocycles. The van der Waals surface area contributed by atoms with Crippen LogP contribution >= 0.6 is 0 Å². The Balaban J connectivity index is 1.23. The van der Waals surface area contributed by atoms with Crippen molar-refractivity contribution in [2.75, 3.05) is 18.4 Å². The first-order valence-corrected chi connectivity index (χ1v) is 12.9. The maximum Gasteiger partial charge on any atom is 0.326 e. The molecule has 192 valence electrons. The molecule has 11 heteroatoms. The van der Waals surface area contributed by atoms with Gasteiger partial charge >= 0.3 is 5.69 Å². The van der Waals surface area contributed by atoms with Crippen LogP contribution in [0.1, 0.15) is 49.4 Å². The smallest absolute Gasteiger partial charge is 0.326 e. The lowest BCUT2D eigenvalue weighted by Crippen LogP contribution is -2.32. The number of likely N-dealkylation sites (tertiary alicyclic amines) is 1. The van der Waals surface area contributed by atoms with Crippen molar-refractivity contribution in [3.63, 3.8) is 0 Å². The zero-order valence-electron chi connectivity index (χ0n) is 20.8. The van der Waals surface area contributed by atoms with Crippen molar-refractivity contribution in [3.8, 4) is 5.88 Å². The summed E-state index contributed by atoms with van der Waals surface area (Å²) in [6, 6.07) is 8.93. The summed E-state index contributed by atoms with van der Waals surface area (Å²) in [5, 5.41) is 18.3. The molecule has 0 unspecified atom stereocenters. The summed E-state index contributed by atoms with van der Waals surface area (Å²) in [4.78, 5) is 32.9. The predicted octanol–water partition coefficient (Wildman–Crippen LogP) is 1.30. The number of aromatic amines is 2. The Morgan fingerprint density at radius 2 is 1.86 bits per heavy atom. The van der Waals surface area contributed by atoms with E-state index in [2.05, 4.69) is 66.4 Å². The number of aromatic hydroxyl groups is 1. The Hall–Kier alpha value is -3.99. The molecule has 0 bridgehead atoms. The van der Waals surface area contributed by atoms with E-state index in [9.17, 15) is 9.90 Å². The molecule has 3 aromatic heterocycles. The zero-order valence-corrected chi connectivity index (χ0v) is 20.8. The van der Waals surface area contributed by atoms with Gasteiger partial charge in [0.15, 0.2) is 5.65 Å². The maximum absolute atomic E-state index is 11.5. The van der Waals surface area contributed by atoms with Crippen molar-refractivity contribution >= 4 is 17.7 Å². The first-order valence-electron chi connectivity index (χ1n) is 12.9. The van der Waals surface area contributed by atoms with E-state index in [4.69, 9.17) is 4.99 Å². The molecular weight excluding hydrogens is 470 g/mol. The fourth-order valence-electron chi connectivity index (χ4n) is 4.58. The Kier molecular flexibility index (Phi) is 6.21. The lowest BCUT2D eigenvalue weighted by molar-refractivity contribution is 0.185. The van der Waals surface area contributed by atoms with Crippen LogP contribution in [0.15, 0.2) is 40.2 Å². The number of aromatic nitrogens is 6. The van der Waals surface area contributed by atoms with E-state index in [-0.39, 0.29) is 17.6 Å². The van der Waals surface area contributed by atoms with Gasteiger partial charge < -0.3 is 15.4 Å². The molecule has 1 saturated heterocycles. The number of nitrogens with one attached hydrogen (secondary N) is 3. The fraction of sp³-hybridized carbons (Fsp3) is 0.423. The number of nitrogens with zero attached hydrogens (tertiary/aromatic N) is 6. The third-order valence-corrected chi connectivity index (χ3v) is 7.01. The minimum Gasteiger partial charge on any atom is -0.493 e. The molecule has 2 fully saturated rings. The van der Waals surface area contributed by atoms with E-state index >= 15 is 0 Å². The van der Waals surface area contributed by atoms with Crippen LogP contribution in [-0.2, 0) is 13.1 Å². The first-order chi connectivity index (χ1) is 18.0. The van der Waals surface area contributed by atoms with Crippen LogP contribution in [-0.4, -0.2) is 58.7 Å². The normalized spacial score (nSPS) is 18.2. The van der Waals surface area contributed by atoms with E-state index in [0.717, 1.165) is 30.9 Å². The Labute approximate surface area is 213 Å². The largest absolute Gasteiger partial charge is 0.493 e. The van der Waals surface area contributed by atoms with Crippen molar-refractivity contribution in [2.45, 2.75) is 51.7 Å². The number of benzene rings is 1. The summed E-state index contributed by atoms with van der Waals surface area (Å²) in [5.74, 6) is 1.04. The van der Waals surface area contributed by atoms with Crippen molar-refractivity contribution in [1.82, 2.24) is 34.4 Å². The molecule has 0 radical (unpaired) electrons. The number of anilines is 1. The molecule has 1 aromatic carbocycles. The summed E-state index contributed by atoms with van der Waals surface area (Å²) in [7, 11) is 0. The summed E-state index contributed by atoms with van der Waals surface area (Å²) >= 11 is 0. The van der Waals surface area contributed by atoms with Gasteiger partial charge in [-0.1, -0.05) is 31.2 Å². The van der Waals surface area contributed by atoms with Gasteiger partial charge in [0.05, 0.1) is 12.2 Å². The highest BCUT2D eigenvalue weighted by Crippen LogP contribution is 2.22. The highest BCUT2D eigenvalue weighted by atomic mass is 16.3. The standard InChI is InChI=1S/C26H31N9O2/c1-16-8-10-34(11-9-16)15-18-4-2-17(3-5-18)13-27-24-31-22-19(12-21-23(36)32-26(37)30-21)14-28-35(22)25(33-24)29-20-6-7-20/h2-5,12,14,16,20,36H,6-11,13,15H2,1H3,(H,27,29,33)(H2,30,32,37). The molecule has 1 saturated carbocycles. The lowest BCUT2D eigenvalue weighted by atomic mass is 9.99. The average molecular weight is 502 g/mol. The van der Waals surface area contributed by atoms with Gasteiger partial charge in [0, 0.05) is 18.3 Å². The molecule has 0 amide bonds. The van der Waals surface area contributed by atoms with Gasteiger partial charge in [0.25, 0.3) is 5.62 Å². The summed E-state index contributed by atoms with van der Waals surface area (Å²) in [5.41, 5.74) is 3.24. The highest BCUT2D eigenvalue weighted by Gasteiger charge is 2.21. The van der Waals surface area contributed by atoms with Crippen molar-refractivity contribution in [2.24, 2.45) is 10.9 Å². The minimum atomic E-state index is -0.488. The second-order valence-electron chi connectivity index (χ2n) is 10.2. The molecule has 0 spiro atoms.